The van der Waals surface area contributed by atoms with Gasteiger partial charge in [0, 0.05) is 26.2 Å². The first kappa shape index (κ1) is 22.4. The fourth-order valence-electron chi connectivity index (χ4n) is 3.68. The van der Waals surface area contributed by atoms with Crippen LogP contribution in [0.2, 0.25) is 0 Å². The van der Waals surface area contributed by atoms with Crippen LogP contribution in [0.15, 0.2) is 24.3 Å². The quantitative estimate of drug-likeness (QED) is 0.771. The molecule has 2 aliphatic heterocycles. The van der Waals surface area contributed by atoms with Gasteiger partial charge in [0.1, 0.15) is 12.4 Å². The molecule has 0 bridgehead atoms. The van der Waals surface area contributed by atoms with E-state index < -0.39 is 12.1 Å². The summed E-state index contributed by atoms with van der Waals surface area (Å²) in [6, 6.07) is 8.44. The maximum absolute atomic E-state index is 12.2. The van der Waals surface area contributed by atoms with Crippen LogP contribution < -0.4 is 4.74 Å². The number of aliphatic carboxylic acids is 1. The van der Waals surface area contributed by atoms with Crippen LogP contribution in [0.1, 0.15) is 18.4 Å². The highest BCUT2D eigenvalue weighted by Crippen LogP contribution is 2.33. The molecule has 0 spiro atoms. The minimum absolute atomic E-state index is 0.171. The summed E-state index contributed by atoms with van der Waals surface area (Å²) in [4.78, 5) is 25.6. The highest BCUT2D eigenvalue weighted by molar-refractivity contribution is 5.78. The number of halogens is 3. The van der Waals surface area contributed by atoms with Gasteiger partial charge >= 0.3 is 12.1 Å². The molecule has 2 heterocycles. The zero-order valence-electron chi connectivity index (χ0n) is 16.6. The topological polar surface area (TPSA) is 79.3 Å². The third-order valence-electron chi connectivity index (χ3n) is 5.41. The molecule has 0 radical (unpaired) electrons. The molecular weight excluding hydrogens is 405 g/mol. The van der Waals surface area contributed by atoms with Gasteiger partial charge in [-0.05, 0) is 36.5 Å². The Morgan fingerprint density at radius 2 is 1.87 bits per heavy atom. The predicted molar refractivity (Wildman–Crippen MR) is 99.9 cm³/mol. The van der Waals surface area contributed by atoms with Gasteiger partial charge in [0.2, 0.25) is 5.91 Å². The van der Waals surface area contributed by atoms with E-state index in [0.717, 1.165) is 37.8 Å². The number of carbonyl (C=O) groups excluding carboxylic acids is 1. The van der Waals surface area contributed by atoms with E-state index in [0.29, 0.717) is 0 Å². The van der Waals surface area contributed by atoms with Crippen molar-refractivity contribution in [2.45, 2.75) is 37.7 Å². The van der Waals surface area contributed by atoms with Crippen LogP contribution in [0.5, 0.6) is 5.75 Å². The fraction of sp³-hybridized carbons (Fsp3) is 0.600. The summed E-state index contributed by atoms with van der Waals surface area (Å²) >= 11 is 0. The van der Waals surface area contributed by atoms with Crippen molar-refractivity contribution < 1.29 is 37.3 Å². The minimum Gasteiger partial charge on any atom is -0.497 e. The standard InChI is InChI=1S/C18H24N2O3.C2HF3O2/c1-22-15-6-4-13(5-7-15)8-19-10-16-17(11-19)23-12-18(21)20(16)9-14-2-3-14;3-2(4,5)1(6)7/h4-7,14,16-17H,2-3,8-12H2,1H3;(H,6,7)/t16-,17-;/m1./s1. The van der Waals surface area contributed by atoms with Crippen LogP contribution in [-0.2, 0) is 20.9 Å². The second-order valence-corrected chi connectivity index (χ2v) is 7.75. The van der Waals surface area contributed by atoms with Gasteiger partial charge in [0.15, 0.2) is 0 Å². The summed E-state index contributed by atoms with van der Waals surface area (Å²) in [6.07, 6.45) is -2.36. The smallest absolute Gasteiger partial charge is 0.490 e. The van der Waals surface area contributed by atoms with E-state index >= 15 is 0 Å². The number of methoxy groups -OCH3 is 1. The minimum atomic E-state index is -5.08. The SMILES string of the molecule is COc1ccc(CN2C[C@@H]3[C@@H](C2)OCC(=O)N3CC2CC2)cc1.O=C(O)C(F)(F)F. The van der Waals surface area contributed by atoms with Crippen molar-refractivity contribution in [2.75, 3.05) is 33.4 Å². The number of carboxylic acid groups (broad SMARTS) is 1. The number of nitrogens with zero attached hydrogens (tertiary/aromatic N) is 2. The first-order chi connectivity index (χ1) is 14.2. The molecule has 1 aliphatic carbocycles. The van der Waals surface area contributed by atoms with Gasteiger partial charge < -0.3 is 19.5 Å². The number of carbonyl (C=O) groups is 2. The molecule has 3 aliphatic rings. The molecule has 10 heteroatoms. The van der Waals surface area contributed by atoms with Gasteiger partial charge in [-0.3, -0.25) is 9.69 Å². The summed E-state index contributed by atoms with van der Waals surface area (Å²) in [5.74, 6) is -0.973. The number of likely N-dealkylation sites (tertiary alicyclic amines) is 1. The summed E-state index contributed by atoms with van der Waals surface area (Å²) in [7, 11) is 1.68. The Morgan fingerprint density at radius 3 is 2.40 bits per heavy atom. The van der Waals surface area contributed by atoms with Gasteiger partial charge in [0.05, 0.1) is 19.3 Å². The average Bonchev–Trinajstić information content (AvgIpc) is 3.42. The maximum Gasteiger partial charge on any atom is 0.490 e. The van der Waals surface area contributed by atoms with Crippen molar-refractivity contribution >= 4 is 11.9 Å². The Kier molecular flexibility index (Phi) is 6.87. The van der Waals surface area contributed by atoms with Crippen molar-refractivity contribution in [2.24, 2.45) is 5.92 Å². The summed E-state index contributed by atoms with van der Waals surface area (Å²) < 4.78 is 42.7. The lowest BCUT2D eigenvalue weighted by molar-refractivity contribution is -0.192. The zero-order valence-corrected chi connectivity index (χ0v) is 16.6. The Balaban J connectivity index is 0.000000318. The number of benzene rings is 1. The molecule has 1 aromatic rings. The lowest BCUT2D eigenvalue weighted by Crippen LogP contribution is -2.54. The lowest BCUT2D eigenvalue weighted by atomic mass is 10.1. The maximum atomic E-state index is 12.2. The molecule has 166 valence electrons. The number of alkyl halides is 3. The van der Waals surface area contributed by atoms with E-state index in [-0.39, 0.29) is 24.7 Å². The van der Waals surface area contributed by atoms with E-state index in [1.165, 1.54) is 18.4 Å². The molecule has 1 saturated carbocycles. The van der Waals surface area contributed by atoms with Gasteiger partial charge in [-0.2, -0.15) is 13.2 Å². The Morgan fingerprint density at radius 1 is 1.23 bits per heavy atom. The molecule has 30 heavy (non-hydrogen) atoms. The molecule has 0 unspecified atom stereocenters. The van der Waals surface area contributed by atoms with Gasteiger partial charge in [-0.15, -0.1) is 0 Å². The van der Waals surface area contributed by atoms with Crippen molar-refractivity contribution in [3.8, 4) is 5.75 Å². The second-order valence-electron chi connectivity index (χ2n) is 7.75. The third kappa shape index (κ3) is 5.85. The van der Waals surface area contributed by atoms with Crippen molar-refractivity contribution in [3.05, 3.63) is 29.8 Å². The first-order valence-corrected chi connectivity index (χ1v) is 9.74. The van der Waals surface area contributed by atoms with Crippen molar-refractivity contribution in [3.63, 3.8) is 0 Å². The molecule has 4 rings (SSSR count). The molecule has 1 amide bonds. The molecule has 0 aromatic heterocycles. The van der Waals surface area contributed by atoms with E-state index in [9.17, 15) is 18.0 Å². The number of amides is 1. The van der Waals surface area contributed by atoms with Crippen LogP contribution in [0.3, 0.4) is 0 Å². The van der Waals surface area contributed by atoms with Crippen LogP contribution in [-0.4, -0.2) is 78.5 Å². The van der Waals surface area contributed by atoms with Crippen LogP contribution in [0.4, 0.5) is 13.2 Å². The number of fused-ring (bicyclic) bond motifs is 1. The first-order valence-electron chi connectivity index (χ1n) is 9.74. The van der Waals surface area contributed by atoms with Crippen molar-refractivity contribution in [1.82, 2.24) is 9.80 Å². The van der Waals surface area contributed by atoms with Crippen LogP contribution in [0, 0.1) is 5.92 Å². The summed E-state index contributed by atoms with van der Waals surface area (Å²) in [5, 5.41) is 7.12. The molecule has 3 fully saturated rings. The molecule has 1 N–H and O–H groups in total. The average molecular weight is 430 g/mol. The summed E-state index contributed by atoms with van der Waals surface area (Å²) in [6.45, 7) is 3.90. The van der Waals surface area contributed by atoms with Crippen LogP contribution >= 0.6 is 0 Å². The normalized spacial score (nSPS) is 24.1. The molecule has 7 nitrogen and oxygen atoms in total. The number of carboxylic acids is 1. The molecule has 2 atom stereocenters. The Labute approximate surface area is 172 Å². The molecular formula is C20H25F3N2O5. The Bertz CT molecular complexity index is 752. The number of hydrogen-bond acceptors (Lipinski definition) is 5. The van der Waals surface area contributed by atoms with Crippen molar-refractivity contribution in [1.29, 1.82) is 0 Å². The largest absolute Gasteiger partial charge is 0.497 e. The zero-order chi connectivity index (χ0) is 21.9. The lowest BCUT2D eigenvalue weighted by Gasteiger charge is -2.36. The van der Waals surface area contributed by atoms with E-state index in [1.54, 1.807) is 7.11 Å². The highest BCUT2D eigenvalue weighted by atomic mass is 19.4. The monoisotopic (exact) mass is 430 g/mol. The summed E-state index contributed by atoms with van der Waals surface area (Å²) in [5.41, 5.74) is 1.27. The number of rotatable bonds is 5. The van der Waals surface area contributed by atoms with Gasteiger partial charge in [-0.25, -0.2) is 4.79 Å². The third-order valence-corrected chi connectivity index (χ3v) is 5.41. The second kappa shape index (κ2) is 9.22. The Hall–Kier alpha value is -2.33. The number of hydrogen-bond donors (Lipinski definition) is 1. The highest BCUT2D eigenvalue weighted by Gasteiger charge is 2.44. The predicted octanol–water partition coefficient (Wildman–Crippen LogP) is 2.15. The fourth-order valence-corrected chi connectivity index (χ4v) is 3.68. The molecule has 2 saturated heterocycles. The molecule has 1 aromatic carbocycles. The van der Waals surface area contributed by atoms with Gasteiger partial charge in [0.25, 0.3) is 0 Å². The number of morpholine rings is 1. The van der Waals surface area contributed by atoms with Gasteiger partial charge in [-0.1, -0.05) is 12.1 Å². The van der Waals surface area contributed by atoms with Crippen LogP contribution in [0.25, 0.3) is 0 Å². The van der Waals surface area contributed by atoms with E-state index in [4.69, 9.17) is 19.4 Å². The van der Waals surface area contributed by atoms with E-state index in [2.05, 4.69) is 21.9 Å². The number of ether oxygens (including phenoxy) is 2. The van der Waals surface area contributed by atoms with E-state index in [1.807, 2.05) is 12.1 Å².